The van der Waals surface area contributed by atoms with Gasteiger partial charge in [0.1, 0.15) is 11.5 Å². The summed E-state index contributed by atoms with van der Waals surface area (Å²) in [6, 6.07) is 10.3. The lowest BCUT2D eigenvalue weighted by Gasteiger charge is -2.08. The molecule has 0 unspecified atom stereocenters. The third-order valence-electron chi connectivity index (χ3n) is 2.18. The zero-order valence-electron chi connectivity index (χ0n) is 11.9. The van der Waals surface area contributed by atoms with Gasteiger partial charge in [-0.05, 0) is 24.3 Å². The molecule has 0 fully saturated rings. The Morgan fingerprint density at radius 3 is 1.21 bits per heavy atom. The lowest BCUT2D eigenvalue weighted by Crippen LogP contribution is -2.17. The molecule has 132 valence electrons. The average molecular weight is 354 g/mol. The van der Waals surface area contributed by atoms with Crippen molar-refractivity contribution in [3.8, 4) is 11.5 Å². The third kappa shape index (κ3) is 8.61. The number of nitrogens with two attached hydrogens (primary N) is 2. The van der Waals surface area contributed by atoms with Crippen LogP contribution in [0.3, 0.4) is 0 Å². The average Bonchev–Trinajstić information content (AvgIpc) is 2.35. The van der Waals surface area contributed by atoms with E-state index in [-0.39, 0.29) is 22.9 Å². The number of hydrogen-bond donors (Lipinski definition) is 2. The zero-order valence-corrected chi connectivity index (χ0v) is 11.9. The molecule has 2 rings (SSSR count). The number of ether oxygens (including phenoxy) is 2. The summed E-state index contributed by atoms with van der Waals surface area (Å²) in [5.41, 5.74) is 10.9. The van der Waals surface area contributed by atoms with Gasteiger partial charge in [0.2, 0.25) is 0 Å². The topological polar surface area (TPSA) is 70.5 Å². The molecule has 0 amide bonds. The molecule has 2 aromatic rings. The van der Waals surface area contributed by atoms with Gasteiger partial charge in [0, 0.05) is 23.5 Å². The van der Waals surface area contributed by atoms with E-state index < -0.39 is 12.7 Å². The first-order valence-corrected chi connectivity index (χ1v) is 6.17. The smallest absolute Gasteiger partial charge is 0.406 e. The molecule has 4 N–H and O–H groups in total. The number of halogens is 6. The first-order chi connectivity index (χ1) is 10.9. The van der Waals surface area contributed by atoms with Gasteiger partial charge in [-0.1, -0.05) is 12.1 Å². The molecule has 0 aromatic heterocycles. The first kappa shape index (κ1) is 19.3. The number of anilines is 2. The van der Waals surface area contributed by atoms with Crippen molar-refractivity contribution in [2.24, 2.45) is 0 Å². The highest BCUT2D eigenvalue weighted by Gasteiger charge is 2.31. The van der Waals surface area contributed by atoms with Crippen LogP contribution in [0.4, 0.5) is 37.7 Å². The zero-order chi connectivity index (χ0) is 18.4. The van der Waals surface area contributed by atoms with Crippen LogP contribution in [-0.2, 0) is 0 Å². The highest BCUT2D eigenvalue weighted by atomic mass is 19.4. The standard InChI is InChI=1S/2C7H6F3NO/c2*8-7(9,10)12-6-3-1-2-5(11)4-6/h2*1-4H,11H2. The Labute approximate surface area is 132 Å². The summed E-state index contributed by atoms with van der Waals surface area (Å²) in [6.07, 6.45) is -9.32. The molecule has 0 radical (unpaired) electrons. The largest absolute Gasteiger partial charge is 0.573 e. The van der Waals surface area contributed by atoms with Crippen molar-refractivity contribution >= 4 is 11.4 Å². The van der Waals surface area contributed by atoms with E-state index in [1.807, 2.05) is 0 Å². The van der Waals surface area contributed by atoms with Crippen molar-refractivity contribution in [3.63, 3.8) is 0 Å². The van der Waals surface area contributed by atoms with Crippen molar-refractivity contribution in [3.05, 3.63) is 48.5 Å². The van der Waals surface area contributed by atoms with E-state index in [4.69, 9.17) is 11.5 Å². The number of hydrogen-bond acceptors (Lipinski definition) is 4. The number of alkyl halides is 6. The van der Waals surface area contributed by atoms with Crippen LogP contribution in [0, 0.1) is 0 Å². The molecule has 0 atom stereocenters. The highest BCUT2D eigenvalue weighted by Crippen LogP contribution is 2.24. The summed E-state index contributed by atoms with van der Waals surface area (Å²) >= 11 is 0. The molecule has 24 heavy (non-hydrogen) atoms. The van der Waals surface area contributed by atoms with Crippen LogP contribution in [0.2, 0.25) is 0 Å². The maximum absolute atomic E-state index is 11.6. The number of benzene rings is 2. The summed E-state index contributed by atoms with van der Waals surface area (Å²) in [6.45, 7) is 0. The normalized spacial score (nSPS) is 11.2. The van der Waals surface area contributed by atoms with E-state index in [1.54, 1.807) is 0 Å². The molecular formula is C14H12F6N2O2. The summed E-state index contributed by atoms with van der Waals surface area (Å²) < 4.78 is 76.9. The maximum Gasteiger partial charge on any atom is 0.573 e. The Morgan fingerprint density at radius 1 is 0.625 bits per heavy atom. The van der Waals surface area contributed by atoms with Crippen molar-refractivity contribution in [2.75, 3.05) is 11.5 Å². The molecule has 0 saturated heterocycles. The summed E-state index contributed by atoms with van der Waals surface area (Å²) in [4.78, 5) is 0. The van der Waals surface area contributed by atoms with Crippen molar-refractivity contribution in [1.29, 1.82) is 0 Å². The highest BCUT2D eigenvalue weighted by molar-refractivity contribution is 5.44. The molecule has 0 aliphatic heterocycles. The molecule has 0 aliphatic rings. The van der Waals surface area contributed by atoms with E-state index in [2.05, 4.69) is 9.47 Å². The lowest BCUT2D eigenvalue weighted by atomic mass is 10.3. The SMILES string of the molecule is Nc1cccc(OC(F)(F)F)c1.Nc1cccc(OC(F)(F)F)c1. The van der Waals surface area contributed by atoms with Crippen LogP contribution in [0.15, 0.2) is 48.5 Å². The first-order valence-electron chi connectivity index (χ1n) is 6.17. The minimum atomic E-state index is -4.66. The Hall–Kier alpha value is -2.78. The molecule has 0 heterocycles. The lowest BCUT2D eigenvalue weighted by molar-refractivity contribution is -0.275. The van der Waals surface area contributed by atoms with E-state index in [0.717, 1.165) is 12.1 Å². The molecule has 4 nitrogen and oxygen atoms in total. The minimum Gasteiger partial charge on any atom is -0.406 e. The van der Waals surface area contributed by atoms with Gasteiger partial charge in [0.05, 0.1) is 0 Å². The van der Waals surface area contributed by atoms with Crippen LogP contribution in [0.5, 0.6) is 11.5 Å². The van der Waals surface area contributed by atoms with Gasteiger partial charge in [-0.15, -0.1) is 26.3 Å². The molecule has 0 saturated carbocycles. The van der Waals surface area contributed by atoms with E-state index in [0.29, 0.717) is 0 Å². The Balaban J connectivity index is 0.000000240. The van der Waals surface area contributed by atoms with Crippen LogP contribution < -0.4 is 20.9 Å². The fourth-order valence-electron chi connectivity index (χ4n) is 1.42. The second-order valence-electron chi connectivity index (χ2n) is 4.24. The van der Waals surface area contributed by atoms with Gasteiger partial charge in [-0.3, -0.25) is 0 Å². The van der Waals surface area contributed by atoms with Gasteiger partial charge in [0.15, 0.2) is 0 Å². The van der Waals surface area contributed by atoms with Gasteiger partial charge in [0.25, 0.3) is 0 Å². The minimum absolute atomic E-state index is 0.233. The molecule has 0 bridgehead atoms. The van der Waals surface area contributed by atoms with E-state index in [9.17, 15) is 26.3 Å². The van der Waals surface area contributed by atoms with Gasteiger partial charge in [-0.25, -0.2) is 0 Å². The van der Waals surface area contributed by atoms with Gasteiger partial charge >= 0.3 is 12.7 Å². The second kappa shape index (κ2) is 7.66. The quantitative estimate of drug-likeness (QED) is 0.622. The summed E-state index contributed by atoms with van der Waals surface area (Å²) in [5, 5.41) is 0. The fraction of sp³-hybridized carbons (Fsp3) is 0.143. The van der Waals surface area contributed by atoms with Crippen LogP contribution >= 0.6 is 0 Å². The Bertz CT molecular complexity index is 601. The Kier molecular flexibility index (Phi) is 6.15. The van der Waals surface area contributed by atoms with Crippen LogP contribution in [0.25, 0.3) is 0 Å². The fourth-order valence-corrected chi connectivity index (χ4v) is 1.42. The monoisotopic (exact) mass is 354 g/mol. The van der Waals surface area contributed by atoms with Gasteiger partial charge < -0.3 is 20.9 Å². The van der Waals surface area contributed by atoms with E-state index in [1.165, 1.54) is 36.4 Å². The van der Waals surface area contributed by atoms with Crippen LogP contribution in [-0.4, -0.2) is 12.7 Å². The molecule has 2 aromatic carbocycles. The van der Waals surface area contributed by atoms with Crippen molar-refractivity contribution < 1.29 is 35.8 Å². The molecule has 0 spiro atoms. The molecule has 10 heteroatoms. The second-order valence-corrected chi connectivity index (χ2v) is 4.24. The predicted octanol–water partition coefficient (Wildman–Crippen LogP) is 4.33. The van der Waals surface area contributed by atoms with Crippen molar-refractivity contribution in [1.82, 2.24) is 0 Å². The molecule has 0 aliphatic carbocycles. The molecular weight excluding hydrogens is 342 g/mol. The summed E-state index contributed by atoms with van der Waals surface area (Å²) in [5.74, 6) is -0.606. The van der Waals surface area contributed by atoms with Crippen molar-refractivity contribution in [2.45, 2.75) is 12.7 Å². The van der Waals surface area contributed by atoms with E-state index >= 15 is 0 Å². The Morgan fingerprint density at radius 2 is 0.958 bits per heavy atom. The van der Waals surface area contributed by atoms with Gasteiger partial charge in [-0.2, -0.15) is 0 Å². The third-order valence-corrected chi connectivity index (χ3v) is 2.18. The number of nitrogen functional groups attached to an aromatic ring is 2. The van der Waals surface area contributed by atoms with Crippen LogP contribution in [0.1, 0.15) is 0 Å². The maximum atomic E-state index is 11.6. The number of rotatable bonds is 2. The summed E-state index contributed by atoms with van der Waals surface area (Å²) in [7, 11) is 0. The predicted molar refractivity (Wildman–Crippen MR) is 75.1 cm³/mol.